The van der Waals surface area contributed by atoms with Gasteiger partial charge in [-0.1, -0.05) is 18.5 Å². The largest absolute Gasteiger partial charge is 0.495 e. The van der Waals surface area contributed by atoms with Gasteiger partial charge in [-0.2, -0.15) is 0 Å². The molecule has 7 nitrogen and oxygen atoms in total. The van der Waals surface area contributed by atoms with Gasteiger partial charge in [0.2, 0.25) is 11.8 Å². The van der Waals surface area contributed by atoms with Crippen LogP contribution in [0.15, 0.2) is 18.2 Å². The molecule has 1 heterocycles. The highest BCUT2D eigenvalue weighted by Gasteiger charge is 2.42. The van der Waals surface area contributed by atoms with Crippen LogP contribution in [0.2, 0.25) is 5.02 Å². The molecule has 1 aliphatic heterocycles. The number of methoxy groups -OCH3 is 1. The summed E-state index contributed by atoms with van der Waals surface area (Å²) in [6.45, 7) is 2.00. The molecule has 2 amide bonds. The molecule has 0 aromatic heterocycles. The van der Waals surface area contributed by atoms with Crippen LogP contribution in [0.3, 0.4) is 0 Å². The first-order valence-electron chi connectivity index (χ1n) is 8.99. The SMILES string of the molecule is COc1ccc(Cl)cc1N1CC(C(=O)N(CC(C)C(=O)O)C2CC2)CC1=O. The first kappa shape index (κ1) is 19.5. The zero-order valence-corrected chi connectivity index (χ0v) is 16.1. The highest BCUT2D eigenvalue weighted by molar-refractivity contribution is 6.31. The maximum absolute atomic E-state index is 13.0. The van der Waals surface area contributed by atoms with Gasteiger partial charge in [0.1, 0.15) is 5.75 Å². The van der Waals surface area contributed by atoms with E-state index in [4.69, 9.17) is 21.4 Å². The Hall–Kier alpha value is -2.28. The minimum absolute atomic E-state index is 0.0872. The molecule has 1 saturated carbocycles. The van der Waals surface area contributed by atoms with Gasteiger partial charge < -0.3 is 19.6 Å². The molecule has 8 heteroatoms. The number of carbonyl (C=O) groups excluding carboxylic acids is 2. The van der Waals surface area contributed by atoms with Crippen molar-refractivity contribution in [2.24, 2.45) is 11.8 Å². The van der Waals surface area contributed by atoms with Crippen LogP contribution in [0, 0.1) is 11.8 Å². The van der Waals surface area contributed by atoms with Crippen molar-refractivity contribution in [2.45, 2.75) is 32.2 Å². The van der Waals surface area contributed by atoms with Crippen LogP contribution in [0.1, 0.15) is 26.2 Å². The van der Waals surface area contributed by atoms with Crippen molar-refractivity contribution in [3.8, 4) is 5.75 Å². The van der Waals surface area contributed by atoms with E-state index in [2.05, 4.69) is 0 Å². The minimum atomic E-state index is -0.929. The summed E-state index contributed by atoms with van der Waals surface area (Å²) in [5.41, 5.74) is 0.544. The van der Waals surface area contributed by atoms with Crippen LogP contribution < -0.4 is 9.64 Å². The average Bonchev–Trinajstić information content (AvgIpc) is 3.40. The third kappa shape index (κ3) is 4.18. The number of aliphatic carboxylic acids is 1. The van der Waals surface area contributed by atoms with Crippen molar-refractivity contribution in [3.05, 3.63) is 23.2 Å². The molecule has 0 radical (unpaired) electrons. The number of carboxylic acid groups (broad SMARTS) is 1. The lowest BCUT2D eigenvalue weighted by atomic mass is 10.1. The van der Waals surface area contributed by atoms with Gasteiger partial charge in [-0.05, 0) is 31.0 Å². The topological polar surface area (TPSA) is 87.2 Å². The zero-order chi connectivity index (χ0) is 19.7. The van der Waals surface area contributed by atoms with Crippen molar-refractivity contribution in [3.63, 3.8) is 0 Å². The number of benzene rings is 1. The number of anilines is 1. The third-order valence-corrected chi connectivity index (χ3v) is 5.30. The molecule has 1 saturated heterocycles. The second-order valence-electron chi connectivity index (χ2n) is 7.18. The quantitative estimate of drug-likeness (QED) is 0.767. The first-order chi connectivity index (χ1) is 12.8. The Bertz CT molecular complexity index is 764. The van der Waals surface area contributed by atoms with Crippen molar-refractivity contribution < 1.29 is 24.2 Å². The number of hydrogen-bond acceptors (Lipinski definition) is 4. The number of ether oxygens (including phenoxy) is 1. The summed E-state index contributed by atoms with van der Waals surface area (Å²) in [6, 6.07) is 5.10. The van der Waals surface area contributed by atoms with E-state index in [0.29, 0.717) is 16.5 Å². The molecule has 0 bridgehead atoms. The Kier molecular flexibility index (Phi) is 5.60. The molecule has 1 aromatic rings. The lowest BCUT2D eigenvalue weighted by Crippen LogP contribution is -2.42. The molecule has 1 aliphatic carbocycles. The summed E-state index contributed by atoms with van der Waals surface area (Å²) in [4.78, 5) is 40.0. The Morgan fingerprint density at radius 2 is 2.11 bits per heavy atom. The molecule has 1 N–H and O–H groups in total. The molecule has 2 atom stereocenters. The monoisotopic (exact) mass is 394 g/mol. The van der Waals surface area contributed by atoms with Crippen molar-refractivity contribution >= 4 is 35.1 Å². The van der Waals surface area contributed by atoms with Crippen molar-refractivity contribution in [2.75, 3.05) is 25.1 Å². The first-order valence-corrected chi connectivity index (χ1v) is 9.36. The summed E-state index contributed by atoms with van der Waals surface area (Å²) in [6.07, 6.45) is 1.86. The van der Waals surface area contributed by atoms with E-state index in [1.54, 1.807) is 30.0 Å². The van der Waals surface area contributed by atoms with Crippen LogP contribution in [0.5, 0.6) is 5.75 Å². The van der Waals surface area contributed by atoms with E-state index >= 15 is 0 Å². The molecule has 2 fully saturated rings. The predicted molar refractivity (Wildman–Crippen MR) is 100.0 cm³/mol. The van der Waals surface area contributed by atoms with Gasteiger partial charge in [0.05, 0.1) is 24.6 Å². The fraction of sp³-hybridized carbons (Fsp3) is 0.526. The van der Waals surface area contributed by atoms with Crippen molar-refractivity contribution in [1.29, 1.82) is 0 Å². The molecule has 0 spiro atoms. The molecular formula is C19H23ClN2O5. The van der Waals surface area contributed by atoms with Gasteiger partial charge >= 0.3 is 5.97 Å². The summed E-state index contributed by atoms with van der Waals surface area (Å²) in [5, 5.41) is 9.65. The standard InChI is InChI=1S/C19H23ClN2O5/c1-11(19(25)26)9-21(14-4-5-14)18(24)12-7-17(23)22(10-12)15-8-13(20)3-6-16(15)27-2/h3,6,8,11-12,14H,4-5,7,9-10H2,1-2H3,(H,25,26). The van der Waals surface area contributed by atoms with Gasteiger partial charge in [-0.15, -0.1) is 0 Å². The smallest absolute Gasteiger partial charge is 0.308 e. The highest BCUT2D eigenvalue weighted by Crippen LogP contribution is 2.37. The zero-order valence-electron chi connectivity index (χ0n) is 15.4. The van der Waals surface area contributed by atoms with Gasteiger partial charge in [-0.25, -0.2) is 0 Å². The molecule has 3 rings (SSSR count). The summed E-state index contributed by atoms with van der Waals surface area (Å²) < 4.78 is 5.32. The number of carboxylic acids is 1. The van der Waals surface area contributed by atoms with Gasteiger partial charge in [0.25, 0.3) is 0 Å². The van der Waals surface area contributed by atoms with Crippen LogP contribution >= 0.6 is 11.6 Å². The Morgan fingerprint density at radius 3 is 2.70 bits per heavy atom. The molecule has 27 heavy (non-hydrogen) atoms. The second kappa shape index (κ2) is 7.76. The highest BCUT2D eigenvalue weighted by atomic mass is 35.5. The maximum atomic E-state index is 13.0. The van der Waals surface area contributed by atoms with Crippen LogP contribution in [-0.2, 0) is 14.4 Å². The van der Waals surface area contributed by atoms with Crippen LogP contribution in [0.4, 0.5) is 5.69 Å². The molecule has 2 aliphatic rings. The summed E-state index contributed by atoms with van der Waals surface area (Å²) in [7, 11) is 1.51. The van der Waals surface area contributed by atoms with Gasteiger partial charge in [-0.3, -0.25) is 14.4 Å². The van der Waals surface area contributed by atoms with E-state index in [-0.39, 0.29) is 37.4 Å². The Balaban J connectivity index is 1.77. The number of halogens is 1. The Morgan fingerprint density at radius 1 is 1.41 bits per heavy atom. The molecular weight excluding hydrogens is 372 g/mol. The minimum Gasteiger partial charge on any atom is -0.495 e. The van der Waals surface area contributed by atoms with E-state index in [1.807, 2.05) is 0 Å². The predicted octanol–water partition coefficient (Wildman–Crippen LogP) is 2.41. The van der Waals surface area contributed by atoms with Crippen LogP contribution in [-0.4, -0.2) is 54.0 Å². The maximum Gasteiger partial charge on any atom is 0.308 e. The van der Waals surface area contributed by atoms with E-state index in [0.717, 1.165) is 12.8 Å². The number of amides is 2. The normalized spacial score (nSPS) is 20.5. The average molecular weight is 395 g/mol. The second-order valence-corrected chi connectivity index (χ2v) is 7.62. The lowest BCUT2D eigenvalue weighted by Gasteiger charge is -2.27. The van der Waals surface area contributed by atoms with E-state index in [9.17, 15) is 14.4 Å². The van der Waals surface area contributed by atoms with Crippen LogP contribution in [0.25, 0.3) is 0 Å². The van der Waals surface area contributed by atoms with E-state index in [1.165, 1.54) is 12.0 Å². The van der Waals surface area contributed by atoms with Crippen molar-refractivity contribution in [1.82, 2.24) is 4.90 Å². The number of hydrogen-bond donors (Lipinski definition) is 1. The number of nitrogens with zero attached hydrogens (tertiary/aromatic N) is 2. The van der Waals surface area contributed by atoms with E-state index < -0.39 is 17.8 Å². The fourth-order valence-corrected chi connectivity index (χ4v) is 3.56. The third-order valence-electron chi connectivity index (χ3n) is 5.07. The molecule has 146 valence electrons. The van der Waals surface area contributed by atoms with Gasteiger partial charge in [0, 0.05) is 30.6 Å². The number of carbonyl (C=O) groups is 3. The number of rotatable bonds is 7. The van der Waals surface area contributed by atoms with Gasteiger partial charge in [0.15, 0.2) is 0 Å². The fourth-order valence-electron chi connectivity index (χ4n) is 3.39. The summed E-state index contributed by atoms with van der Waals surface area (Å²) in [5.74, 6) is -1.88. The lowest BCUT2D eigenvalue weighted by molar-refractivity contribution is -0.144. The molecule has 1 aromatic carbocycles. The molecule has 2 unspecified atom stereocenters. The summed E-state index contributed by atoms with van der Waals surface area (Å²) >= 11 is 6.06. The Labute approximate surface area is 162 Å².